The molecule has 38 heavy (non-hydrogen) atoms. The summed E-state index contributed by atoms with van der Waals surface area (Å²) in [5.74, 6) is -2.52. The molecule has 0 aliphatic rings. The van der Waals surface area contributed by atoms with Crippen molar-refractivity contribution in [2.45, 2.75) is 10.9 Å². The first kappa shape index (κ1) is 25.6. The Morgan fingerprint density at radius 1 is 1.03 bits per heavy atom. The number of nitrogens with zero attached hydrogens (tertiary/aromatic N) is 2. The largest absolute Gasteiger partial charge is 0.477 e. The van der Waals surface area contributed by atoms with Crippen molar-refractivity contribution >= 4 is 54.4 Å². The summed E-state index contributed by atoms with van der Waals surface area (Å²) in [6, 6.07) is 20.9. The predicted octanol–water partition coefficient (Wildman–Crippen LogP) is 5.39. The van der Waals surface area contributed by atoms with Gasteiger partial charge in [0.2, 0.25) is 5.43 Å². The molecule has 2 N–H and O–H groups in total. The van der Waals surface area contributed by atoms with Crippen LogP contribution in [0, 0.1) is 5.82 Å². The minimum Gasteiger partial charge on any atom is -0.477 e. The molecule has 0 aliphatic carbocycles. The summed E-state index contributed by atoms with van der Waals surface area (Å²) >= 11 is 6.56. The van der Waals surface area contributed by atoms with E-state index in [1.807, 2.05) is 60.7 Å². The topological polar surface area (TPSA) is 118 Å². The Kier molecular flexibility index (Phi) is 6.74. The van der Waals surface area contributed by atoms with Gasteiger partial charge in [0.1, 0.15) is 26.6 Å². The standard InChI is InChI=1S/C26H17ClFN3O5S2/c27-17-11-12-20(19(28)13-17)38(35,36)30-26-29-21-23(32)18(25(33)34)14-31(24(21)37-26)22(15-7-3-1-4-8-15)16-9-5-2-6-10-16/h1-14,22H,(H,29,30)(H,33,34). The summed E-state index contributed by atoms with van der Waals surface area (Å²) in [5.41, 5.74) is -0.0562. The van der Waals surface area contributed by atoms with E-state index in [0.29, 0.717) is 0 Å². The average molecular weight is 570 g/mol. The fourth-order valence-corrected chi connectivity index (χ4v) is 6.48. The molecule has 0 saturated heterocycles. The fraction of sp³-hybridized carbons (Fsp3) is 0.0385. The lowest BCUT2D eigenvalue weighted by molar-refractivity contribution is 0.0694. The number of carboxylic acids is 1. The predicted molar refractivity (Wildman–Crippen MR) is 143 cm³/mol. The van der Waals surface area contributed by atoms with Gasteiger partial charge >= 0.3 is 5.97 Å². The van der Waals surface area contributed by atoms with Crippen molar-refractivity contribution in [3.8, 4) is 0 Å². The number of hydrogen-bond acceptors (Lipinski definition) is 6. The third kappa shape index (κ3) is 4.78. The molecule has 192 valence electrons. The number of hydrogen-bond donors (Lipinski definition) is 2. The van der Waals surface area contributed by atoms with Gasteiger partial charge in [0.05, 0.1) is 6.04 Å². The molecule has 0 spiro atoms. The van der Waals surface area contributed by atoms with E-state index < -0.39 is 43.7 Å². The highest BCUT2D eigenvalue weighted by molar-refractivity contribution is 7.93. The van der Waals surface area contributed by atoms with Crippen LogP contribution in [0.15, 0.2) is 94.7 Å². The SMILES string of the molecule is O=C(O)c1cn(C(c2ccccc2)c2ccccc2)c2sc(NS(=O)(=O)c3ccc(Cl)cc3F)nc2c1=O. The molecule has 0 aliphatic heterocycles. The number of fused-ring (bicyclic) bond motifs is 1. The zero-order chi connectivity index (χ0) is 27.0. The molecule has 0 amide bonds. The van der Waals surface area contributed by atoms with Gasteiger partial charge in [-0.15, -0.1) is 0 Å². The van der Waals surface area contributed by atoms with Crippen LogP contribution in [0.1, 0.15) is 27.5 Å². The van der Waals surface area contributed by atoms with Gasteiger partial charge in [-0.25, -0.2) is 22.6 Å². The molecule has 0 radical (unpaired) electrons. The first-order valence-corrected chi connectivity index (χ1v) is 13.7. The monoisotopic (exact) mass is 569 g/mol. The summed E-state index contributed by atoms with van der Waals surface area (Å²) in [6.07, 6.45) is 1.23. The van der Waals surface area contributed by atoms with Crippen LogP contribution in [0.5, 0.6) is 0 Å². The van der Waals surface area contributed by atoms with Crippen LogP contribution in [0.2, 0.25) is 5.02 Å². The number of carboxylic acid groups (broad SMARTS) is 1. The molecule has 0 fully saturated rings. The van der Waals surface area contributed by atoms with Crippen molar-refractivity contribution in [1.82, 2.24) is 9.55 Å². The molecule has 8 nitrogen and oxygen atoms in total. The molecule has 3 aromatic carbocycles. The van der Waals surface area contributed by atoms with Gasteiger partial charge in [-0.1, -0.05) is 83.6 Å². The second-order valence-corrected chi connectivity index (χ2v) is 11.2. The molecule has 2 aromatic heterocycles. The number of carbonyl (C=O) groups is 1. The number of benzene rings is 3. The van der Waals surface area contributed by atoms with Gasteiger partial charge < -0.3 is 9.67 Å². The zero-order valence-corrected chi connectivity index (χ0v) is 21.6. The molecule has 2 heterocycles. The second kappa shape index (κ2) is 10.0. The lowest BCUT2D eigenvalue weighted by Gasteiger charge is -2.23. The maximum Gasteiger partial charge on any atom is 0.341 e. The van der Waals surface area contributed by atoms with Crippen LogP contribution in [0.3, 0.4) is 0 Å². The Labute approximate surface area is 224 Å². The van der Waals surface area contributed by atoms with E-state index in [0.717, 1.165) is 34.6 Å². The van der Waals surface area contributed by atoms with Crippen LogP contribution in [-0.2, 0) is 10.0 Å². The Hall–Kier alpha value is -4.06. The van der Waals surface area contributed by atoms with Crippen molar-refractivity contribution in [3.63, 3.8) is 0 Å². The van der Waals surface area contributed by atoms with Gasteiger partial charge in [0, 0.05) is 11.2 Å². The maximum absolute atomic E-state index is 14.4. The van der Waals surface area contributed by atoms with Gasteiger partial charge in [-0.2, -0.15) is 0 Å². The lowest BCUT2D eigenvalue weighted by Crippen LogP contribution is -2.22. The minimum atomic E-state index is -4.45. The van der Waals surface area contributed by atoms with Crippen LogP contribution in [-0.4, -0.2) is 29.0 Å². The number of nitrogens with one attached hydrogen (secondary N) is 1. The summed E-state index contributed by atoms with van der Waals surface area (Å²) in [6.45, 7) is 0. The fourth-order valence-electron chi connectivity index (χ4n) is 4.05. The number of sulfonamides is 1. The Bertz CT molecular complexity index is 1800. The molecule has 12 heteroatoms. The molecule has 0 bridgehead atoms. The number of rotatable bonds is 7. The van der Waals surface area contributed by atoms with Gasteiger partial charge in [0.15, 0.2) is 5.13 Å². The van der Waals surface area contributed by atoms with E-state index in [1.54, 1.807) is 4.57 Å². The number of aromatic carboxylic acids is 1. The normalized spacial score (nSPS) is 11.7. The number of aromatic nitrogens is 2. The number of thiazole rings is 1. The molecular formula is C26H17ClFN3O5S2. The average Bonchev–Trinajstić information content (AvgIpc) is 3.30. The highest BCUT2D eigenvalue weighted by atomic mass is 35.5. The Morgan fingerprint density at radius 2 is 1.63 bits per heavy atom. The van der Waals surface area contributed by atoms with E-state index in [-0.39, 0.29) is 20.5 Å². The molecule has 5 aromatic rings. The van der Waals surface area contributed by atoms with Crippen LogP contribution < -0.4 is 10.2 Å². The number of pyridine rings is 1. The summed E-state index contributed by atoms with van der Waals surface area (Å²) in [5, 5.41) is 9.55. The van der Waals surface area contributed by atoms with Gasteiger partial charge in [-0.3, -0.25) is 9.52 Å². The van der Waals surface area contributed by atoms with Crippen molar-refractivity contribution in [2.24, 2.45) is 0 Å². The smallest absolute Gasteiger partial charge is 0.341 e. The quantitative estimate of drug-likeness (QED) is 0.271. The van der Waals surface area contributed by atoms with Crippen molar-refractivity contribution in [3.05, 3.63) is 123 Å². The van der Waals surface area contributed by atoms with E-state index in [9.17, 15) is 27.5 Å². The highest BCUT2D eigenvalue weighted by Gasteiger charge is 2.27. The molecule has 0 saturated carbocycles. The minimum absolute atomic E-state index is 0.0209. The van der Waals surface area contributed by atoms with Crippen LogP contribution in [0.4, 0.5) is 9.52 Å². The Balaban J connectivity index is 1.73. The number of halogens is 2. The summed E-state index contributed by atoms with van der Waals surface area (Å²) in [4.78, 5) is 28.8. The van der Waals surface area contributed by atoms with Gasteiger partial charge in [-0.05, 0) is 29.3 Å². The van der Waals surface area contributed by atoms with Crippen molar-refractivity contribution in [2.75, 3.05) is 4.72 Å². The first-order valence-electron chi connectivity index (χ1n) is 11.0. The lowest BCUT2D eigenvalue weighted by atomic mass is 9.98. The van der Waals surface area contributed by atoms with Gasteiger partial charge in [0.25, 0.3) is 10.0 Å². The molecule has 5 rings (SSSR count). The Morgan fingerprint density at radius 3 is 2.18 bits per heavy atom. The molecular weight excluding hydrogens is 553 g/mol. The van der Waals surface area contributed by atoms with Crippen LogP contribution in [0.25, 0.3) is 10.3 Å². The highest BCUT2D eigenvalue weighted by Crippen LogP contribution is 2.34. The van der Waals surface area contributed by atoms with Crippen molar-refractivity contribution < 1.29 is 22.7 Å². The first-order chi connectivity index (χ1) is 18.2. The van der Waals surface area contributed by atoms with Crippen LogP contribution >= 0.6 is 22.9 Å². The summed E-state index contributed by atoms with van der Waals surface area (Å²) in [7, 11) is -4.45. The van der Waals surface area contributed by atoms with Crippen molar-refractivity contribution in [1.29, 1.82) is 0 Å². The maximum atomic E-state index is 14.4. The second-order valence-electron chi connectivity index (χ2n) is 8.16. The zero-order valence-electron chi connectivity index (χ0n) is 19.2. The molecule has 0 unspecified atom stereocenters. The van der Waals surface area contributed by atoms with E-state index in [1.165, 1.54) is 12.3 Å². The third-order valence-electron chi connectivity index (χ3n) is 5.72. The summed E-state index contributed by atoms with van der Waals surface area (Å²) < 4.78 is 44.0. The van der Waals surface area contributed by atoms with E-state index in [2.05, 4.69) is 9.71 Å². The van der Waals surface area contributed by atoms with E-state index >= 15 is 0 Å². The number of anilines is 1. The molecule has 0 atom stereocenters. The van der Waals surface area contributed by atoms with E-state index in [4.69, 9.17) is 11.6 Å². The third-order valence-corrected chi connectivity index (χ3v) is 8.44.